The van der Waals surface area contributed by atoms with E-state index in [0.29, 0.717) is 25.6 Å². The lowest BCUT2D eigenvalue weighted by Crippen LogP contribution is -2.32. The van der Waals surface area contributed by atoms with Gasteiger partial charge in [0.2, 0.25) is 0 Å². The molecule has 1 fully saturated rings. The van der Waals surface area contributed by atoms with Crippen LogP contribution in [0.4, 0.5) is 0 Å². The van der Waals surface area contributed by atoms with Crippen molar-refractivity contribution >= 4 is 19.9 Å². The van der Waals surface area contributed by atoms with Gasteiger partial charge in [0.25, 0.3) is 9.24 Å². The quantitative estimate of drug-likeness (QED) is 0.669. The van der Waals surface area contributed by atoms with Crippen LogP contribution in [0.3, 0.4) is 0 Å². The van der Waals surface area contributed by atoms with Crippen LogP contribution in [0.2, 0.25) is 0 Å². The first-order valence-electron chi connectivity index (χ1n) is 4.31. The van der Waals surface area contributed by atoms with E-state index in [1.807, 2.05) is 0 Å². The number of rotatable bonds is 4. The molecule has 0 radical (unpaired) electrons. The molecule has 1 aliphatic heterocycles. The average molecular weight is 228 g/mol. The molecule has 4 nitrogen and oxygen atoms in total. The molecular weight excluding hydrogens is 214 g/mol. The molecule has 1 rings (SSSR count). The van der Waals surface area contributed by atoms with E-state index in [0.717, 1.165) is 13.0 Å². The number of ether oxygens (including phenoxy) is 1. The topological polar surface area (TPSA) is 46.6 Å². The second kappa shape index (κ2) is 4.59. The molecule has 0 aromatic heterocycles. The van der Waals surface area contributed by atoms with Crippen molar-refractivity contribution in [1.29, 1.82) is 0 Å². The van der Waals surface area contributed by atoms with Crippen LogP contribution in [0.1, 0.15) is 13.3 Å². The lowest BCUT2D eigenvalue weighted by molar-refractivity contribution is 0.181. The normalized spacial score (nSPS) is 24.1. The molecule has 0 aromatic carbocycles. The standard InChI is InChI=1S/C7H14ClNO3S/c1-2-9(13(8,10)11)5-7-3-4-12-6-7/h7H,2-6H2,1H3. The van der Waals surface area contributed by atoms with E-state index in [4.69, 9.17) is 15.4 Å². The number of hydrogen-bond donors (Lipinski definition) is 0. The lowest BCUT2D eigenvalue weighted by atomic mass is 10.1. The Balaban J connectivity index is 2.48. The fourth-order valence-corrected chi connectivity index (χ4v) is 2.55. The summed E-state index contributed by atoms with van der Waals surface area (Å²) in [4.78, 5) is 0. The fraction of sp³-hybridized carbons (Fsp3) is 1.00. The molecule has 0 N–H and O–H groups in total. The molecule has 1 aliphatic rings. The van der Waals surface area contributed by atoms with E-state index >= 15 is 0 Å². The van der Waals surface area contributed by atoms with E-state index in [9.17, 15) is 8.42 Å². The van der Waals surface area contributed by atoms with E-state index < -0.39 is 9.24 Å². The third-order valence-corrected chi connectivity index (χ3v) is 3.76. The zero-order chi connectivity index (χ0) is 9.90. The zero-order valence-electron chi connectivity index (χ0n) is 7.57. The van der Waals surface area contributed by atoms with Gasteiger partial charge in [-0.3, -0.25) is 0 Å². The maximum absolute atomic E-state index is 11.0. The lowest BCUT2D eigenvalue weighted by Gasteiger charge is -2.18. The molecule has 13 heavy (non-hydrogen) atoms. The van der Waals surface area contributed by atoms with Crippen molar-refractivity contribution in [2.75, 3.05) is 26.3 Å². The molecule has 1 heterocycles. The van der Waals surface area contributed by atoms with Crippen molar-refractivity contribution in [2.24, 2.45) is 5.92 Å². The van der Waals surface area contributed by atoms with Crippen molar-refractivity contribution in [2.45, 2.75) is 13.3 Å². The van der Waals surface area contributed by atoms with Crippen LogP contribution in [-0.2, 0) is 14.0 Å². The smallest absolute Gasteiger partial charge is 0.299 e. The highest BCUT2D eigenvalue weighted by Gasteiger charge is 2.24. The molecule has 1 unspecified atom stereocenters. The van der Waals surface area contributed by atoms with Crippen LogP contribution >= 0.6 is 10.7 Å². The van der Waals surface area contributed by atoms with Crippen LogP contribution in [0, 0.1) is 5.92 Å². The molecule has 1 saturated heterocycles. The second-order valence-electron chi connectivity index (χ2n) is 3.12. The molecule has 78 valence electrons. The molecule has 0 amide bonds. The Labute approximate surface area is 83.4 Å². The maximum atomic E-state index is 11.0. The Morgan fingerprint density at radius 3 is 2.69 bits per heavy atom. The van der Waals surface area contributed by atoms with E-state index in [2.05, 4.69) is 0 Å². The van der Waals surface area contributed by atoms with Crippen LogP contribution in [-0.4, -0.2) is 39.0 Å². The van der Waals surface area contributed by atoms with E-state index in [1.54, 1.807) is 6.92 Å². The Morgan fingerprint density at radius 1 is 1.62 bits per heavy atom. The Hall–Kier alpha value is 0.160. The van der Waals surface area contributed by atoms with E-state index in [1.165, 1.54) is 4.31 Å². The molecule has 1 atom stereocenters. The Kier molecular flexibility index (Phi) is 3.97. The van der Waals surface area contributed by atoms with Crippen LogP contribution < -0.4 is 0 Å². The predicted molar refractivity (Wildman–Crippen MR) is 50.9 cm³/mol. The van der Waals surface area contributed by atoms with Gasteiger partial charge in [-0.05, 0) is 12.3 Å². The largest absolute Gasteiger partial charge is 0.381 e. The van der Waals surface area contributed by atoms with Gasteiger partial charge in [-0.25, -0.2) is 0 Å². The number of halogens is 1. The first-order valence-corrected chi connectivity index (χ1v) is 6.58. The molecule has 0 spiro atoms. The average Bonchev–Trinajstić information content (AvgIpc) is 2.49. The van der Waals surface area contributed by atoms with Gasteiger partial charge in [-0.1, -0.05) is 6.92 Å². The highest BCUT2D eigenvalue weighted by Crippen LogP contribution is 2.17. The molecule has 6 heteroatoms. The SMILES string of the molecule is CCN(CC1CCOC1)S(=O)(=O)Cl. The van der Waals surface area contributed by atoms with Gasteiger partial charge in [-0.15, -0.1) is 0 Å². The molecule has 0 saturated carbocycles. The molecule has 0 aromatic rings. The van der Waals surface area contributed by atoms with Crippen molar-refractivity contribution in [3.05, 3.63) is 0 Å². The summed E-state index contributed by atoms with van der Waals surface area (Å²) in [5.74, 6) is 0.300. The second-order valence-corrected chi connectivity index (χ2v) is 5.63. The third-order valence-electron chi connectivity index (χ3n) is 2.15. The minimum atomic E-state index is -3.55. The van der Waals surface area contributed by atoms with Crippen LogP contribution in [0.5, 0.6) is 0 Å². The predicted octanol–water partition coefficient (Wildman–Crippen LogP) is 0.828. The van der Waals surface area contributed by atoms with Gasteiger partial charge >= 0.3 is 0 Å². The summed E-state index contributed by atoms with van der Waals surface area (Å²) in [5, 5.41) is 0. The maximum Gasteiger partial charge on any atom is 0.299 e. The highest BCUT2D eigenvalue weighted by atomic mass is 35.7. The van der Waals surface area contributed by atoms with Crippen molar-refractivity contribution < 1.29 is 13.2 Å². The van der Waals surface area contributed by atoms with Gasteiger partial charge in [0.15, 0.2) is 0 Å². The summed E-state index contributed by atoms with van der Waals surface area (Å²) in [6.07, 6.45) is 0.920. The summed E-state index contributed by atoms with van der Waals surface area (Å²) >= 11 is 0. The zero-order valence-corrected chi connectivity index (χ0v) is 9.14. The molecular formula is C7H14ClNO3S. The summed E-state index contributed by atoms with van der Waals surface area (Å²) in [6.45, 7) is 4.04. The van der Waals surface area contributed by atoms with Crippen molar-refractivity contribution in [1.82, 2.24) is 4.31 Å². The minimum Gasteiger partial charge on any atom is -0.381 e. The van der Waals surface area contributed by atoms with Crippen LogP contribution in [0.15, 0.2) is 0 Å². The van der Waals surface area contributed by atoms with E-state index in [-0.39, 0.29) is 0 Å². The third kappa shape index (κ3) is 3.42. The van der Waals surface area contributed by atoms with Crippen LogP contribution in [0.25, 0.3) is 0 Å². The number of hydrogen-bond acceptors (Lipinski definition) is 3. The Morgan fingerprint density at radius 2 is 2.31 bits per heavy atom. The van der Waals surface area contributed by atoms with Gasteiger partial charge in [-0.2, -0.15) is 12.7 Å². The van der Waals surface area contributed by atoms with Gasteiger partial charge in [0.05, 0.1) is 6.61 Å². The summed E-state index contributed by atoms with van der Waals surface area (Å²) in [5.41, 5.74) is 0. The first kappa shape index (κ1) is 11.2. The van der Waals surface area contributed by atoms with Gasteiger partial charge in [0, 0.05) is 30.4 Å². The minimum absolute atomic E-state index is 0.300. The first-order chi connectivity index (χ1) is 6.04. The highest BCUT2D eigenvalue weighted by molar-refractivity contribution is 8.11. The summed E-state index contributed by atoms with van der Waals surface area (Å²) in [6, 6.07) is 0. The summed E-state index contributed by atoms with van der Waals surface area (Å²) < 4.78 is 28.4. The summed E-state index contributed by atoms with van der Waals surface area (Å²) in [7, 11) is 1.68. The monoisotopic (exact) mass is 227 g/mol. The van der Waals surface area contributed by atoms with Crippen molar-refractivity contribution in [3.63, 3.8) is 0 Å². The fourth-order valence-electron chi connectivity index (χ4n) is 1.39. The number of nitrogens with zero attached hydrogens (tertiary/aromatic N) is 1. The molecule has 0 bridgehead atoms. The molecule has 0 aliphatic carbocycles. The van der Waals surface area contributed by atoms with Gasteiger partial charge < -0.3 is 4.74 Å². The van der Waals surface area contributed by atoms with Crippen molar-refractivity contribution in [3.8, 4) is 0 Å². The Bertz CT molecular complexity index is 248. The van der Waals surface area contributed by atoms with Gasteiger partial charge in [0.1, 0.15) is 0 Å².